The molecule has 0 saturated heterocycles. The van der Waals surface area contributed by atoms with Gasteiger partial charge in [0.05, 0.1) is 17.3 Å². The highest BCUT2D eigenvalue weighted by Crippen LogP contribution is 2.22. The molecule has 0 aliphatic heterocycles. The number of rotatable bonds is 5. The first-order valence-electron chi connectivity index (χ1n) is 6.32. The Labute approximate surface area is 119 Å². The Morgan fingerprint density at radius 1 is 1.47 bits per heavy atom. The van der Waals surface area contributed by atoms with Crippen LogP contribution in [-0.2, 0) is 4.79 Å². The van der Waals surface area contributed by atoms with Crippen LogP contribution in [0.5, 0.6) is 0 Å². The number of hydrogen-bond donors (Lipinski definition) is 2. The molecule has 0 atom stereocenters. The Morgan fingerprint density at radius 2 is 2.11 bits per heavy atom. The number of halogens is 1. The maximum Gasteiger partial charge on any atom is 0.238 e. The van der Waals surface area contributed by atoms with E-state index < -0.39 is 0 Å². The predicted molar refractivity (Wildman–Crippen MR) is 81.5 cm³/mol. The van der Waals surface area contributed by atoms with E-state index in [1.165, 1.54) is 0 Å². The van der Waals surface area contributed by atoms with Gasteiger partial charge in [0.2, 0.25) is 5.91 Å². The molecule has 0 radical (unpaired) electrons. The summed E-state index contributed by atoms with van der Waals surface area (Å²) >= 11 is 5.83. The second-order valence-corrected chi connectivity index (χ2v) is 5.71. The van der Waals surface area contributed by atoms with Gasteiger partial charge in [0.15, 0.2) is 0 Å². The van der Waals surface area contributed by atoms with Crippen LogP contribution in [0.1, 0.15) is 27.2 Å². The van der Waals surface area contributed by atoms with Crippen molar-refractivity contribution in [3.63, 3.8) is 0 Å². The molecule has 0 heterocycles. The van der Waals surface area contributed by atoms with Gasteiger partial charge < -0.3 is 11.1 Å². The highest BCUT2D eigenvalue weighted by atomic mass is 35.5. The van der Waals surface area contributed by atoms with Crippen molar-refractivity contribution in [3.05, 3.63) is 23.2 Å². The molecule has 1 rings (SSSR count). The molecule has 0 saturated carbocycles. The van der Waals surface area contributed by atoms with Crippen molar-refractivity contribution in [1.29, 1.82) is 0 Å². The molecule has 1 aromatic carbocycles. The molecule has 0 aliphatic carbocycles. The van der Waals surface area contributed by atoms with Crippen LogP contribution in [0.2, 0.25) is 5.02 Å². The first kappa shape index (κ1) is 15.8. The van der Waals surface area contributed by atoms with Gasteiger partial charge in [-0.05, 0) is 45.5 Å². The lowest BCUT2D eigenvalue weighted by Crippen LogP contribution is -2.44. The number of amides is 1. The number of nitrogens with two attached hydrogens (primary N) is 1. The van der Waals surface area contributed by atoms with E-state index in [2.05, 4.69) is 26.1 Å². The zero-order valence-corrected chi connectivity index (χ0v) is 12.7. The minimum Gasteiger partial charge on any atom is -0.397 e. The van der Waals surface area contributed by atoms with Gasteiger partial charge in [-0.3, -0.25) is 9.69 Å². The van der Waals surface area contributed by atoms with E-state index in [9.17, 15) is 4.79 Å². The van der Waals surface area contributed by atoms with Gasteiger partial charge in [0.25, 0.3) is 0 Å². The third-order valence-corrected chi connectivity index (χ3v) is 3.90. The Kier molecular flexibility index (Phi) is 5.20. The van der Waals surface area contributed by atoms with Crippen LogP contribution in [0.3, 0.4) is 0 Å². The molecule has 0 unspecified atom stereocenters. The van der Waals surface area contributed by atoms with E-state index in [0.717, 1.165) is 6.42 Å². The first-order valence-corrected chi connectivity index (χ1v) is 6.70. The maximum absolute atomic E-state index is 12.0. The van der Waals surface area contributed by atoms with Crippen LogP contribution < -0.4 is 11.1 Å². The topological polar surface area (TPSA) is 58.4 Å². The average Bonchev–Trinajstić information content (AvgIpc) is 2.33. The molecule has 4 nitrogen and oxygen atoms in total. The van der Waals surface area contributed by atoms with Crippen molar-refractivity contribution in [3.8, 4) is 0 Å². The van der Waals surface area contributed by atoms with Crippen molar-refractivity contribution in [2.75, 3.05) is 24.6 Å². The van der Waals surface area contributed by atoms with Crippen LogP contribution in [0.15, 0.2) is 18.2 Å². The largest absolute Gasteiger partial charge is 0.397 e. The Morgan fingerprint density at radius 3 is 2.63 bits per heavy atom. The van der Waals surface area contributed by atoms with Crippen molar-refractivity contribution in [2.45, 2.75) is 32.7 Å². The third-order valence-electron chi connectivity index (χ3n) is 3.56. The summed E-state index contributed by atoms with van der Waals surface area (Å²) in [6, 6.07) is 5.07. The van der Waals surface area contributed by atoms with E-state index in [4.69, 9.17) is 17.3 Å². The molecular weight excluding hydrogens is 262 g/mol. The number of hydrogen-bond acceptors (Lipinski definition) is 3. The van der Waals surface area contributed by atoms with Gasteiger partial charge in [-0.25, -0.2) is 0 Å². The molecule has 19 heavy (non-hydrogen) atoms. The Bertz CT molecular complexity index is 460. The smallest absolute Gasteiger partial charge is 0.238 e. The van der Waals surface area contributed by atoms with Crippen LogP contribution >= 0.6 is 11.6 Å². The van der Waals surface area contributed by atoms with Crippen LogP contribution in [-0.4, -0.2) is 29.9 Å². The van der Waals surface area contributed by atoms with Crippen molar-refractivity contribution < 1.29 is 4.79 Å². The normalized spacial score (nSPS) is 11.7. The Hall–Kier alpha value is -1.26. The maximum atomic E-state index is 12.0. The number of carbonyl (C=O) groups is 1. The van der Waals surface area contributed by atoms with E-state index in [1.54, 1.807) is 18.2 Å². The zero-order chi connectivity index (χ0) is 14.6. The van der Waals surface area contributed by atoms with Gasteiger partial charge in [-0.15, -0.1) is 0 Å². The minimum absolute atomic E-state index is 0.00361. The highest BCUT2D eigenvalue weighted by molar-refractivity contribution is 6.33. The summed E-state index contributed by atoms with van der Waals surface area (Å²) in [6.45, 7) is 6.67. The number of carbonyl (C=O) groups excluding carboxylic acids is 1. The lowest BCUT2D eigenvalue weighted by atomic mass is 10.0. The fourth-order valence-corrected chi connectivity index (χ4v) is 1.64. The number of nitrogen functional groups attached to an aromatic ring is 1. The second-order valence-electron chi connectivity index (χ2n) is 5.31. The van der Waals surface area contributed by atoms with E-state index in [-0.39, 0.29) is 11.4 Å². The summed E-state index contributed by atoms with van der Waals surface area (Å²) in [6.07, 6.45) is 0.977. The molecule has 1 aromatic rings. The standard InChI is InChI=1S/C14H22ClN3O/c1-5-14(2,3)18(4)9-13(19)17-10-6-7-11(15)12(16)8-10/h6-8H,5,9,16H2,1-4H3,(H,17,19). The van der Waals surface area contributed by atoms with Crippen LogP contribution in [0.4, 0.5) is 11.4 Å². The number of nitrogens with one attached hydrogen (secondary N) is 1. The molecule has 1 amide bonds. The van der Waals surface area contributed by atoms with Crippen molar-refractivity contribution >= 4 is 28.9 Å². The predicted octanol–water partition coefficient (Wildman–Crippen LogP) is 2.98. The molecule has 0 fully saturated rings. The van der Waals surface area contributed by atoms with Gasteiger partial charge in [0, 0.05) is 11.2 Å². The van der Waals surface area contributed by atoms with E-state index in [0.29, 0.717) is 22.9 Å². The van der Waals surface area contributed by atoms with Crippen molar-refractivity contribution in [1.82, 2.24) is 4.90 Å². The lowest BCUT2D eigenvalue weighted by molar-refractivity contribution is -0.118. The van der Waals surface area contributed by atoms with Crippen LogP contribution in [0.25, 0.3) is 0 Å². The minimum atomic E-state index is -0.0641. The first-order chi connectivity index (χ1) is 8.76. The SMILES string of the molecule is CCC(C)(C)N(C)CC(=O)Nc1ccc(Cl)c(N)c1. The molecule has 0 spiro atoms. The van der Waals surface area contributed by atoms with Gasteiger partial charge in [-0.2, -0.15) is 0 Å². The van der Waals surface area contributed by atoms with Gasteiger partial charge >= 0.3 is 0 Å². The monoisotopic (exact) mass is 283 g/mol. The number of likely N-dealkylation sites (N-methyl/N-ethyl adjacent to an activating group) is 1. The highest BCUT2D eigenvalue weighted by Gasteiger charge is 2.22. The second kappa shape index (κ2) is 6.26. The third kappa shape index (κ3) is 4.40. The number of benzene rings is 1. The molecule has 3 N–H and O–H groups in total. The average molecular weight is 284 g/mol. The van der Waals surface area contributed by atoms with Crippen molar-refractivity contribution in [2.24, 2.45) is 0 Å². The zero-order valence-electron chi connectivity index (χ0n) is 12.0. The van der Waals surface area contributed by atoms with E-state index in [1.807, 2.05) is 11.9 Å². The summed E-state index contributed by atoms with van der Waals surface area (Å²) in [5, 5.41) is 3.31. The fourth-order valence-electron chi connectivity index (χ4n) is 1.52. The molecule has 0 aliphatic rings. The lowest BCUT2D eigenvalue weighted by Gasteiger charge is -2.34. The summed E-state index contributed by atoms with van der Waals surface area (Å²) in [5.41, 5.74) is 6.81. The molecule has 106 valence electrons. The van der Waals surface area contributed by atoms with E-state index >= 15 is 0 Å². The Balaban J connectivity index is 2.63. The van der Waals surface area contributed by atoms with Crippen LogP contribution in [0, 0.1) is 0 Å². The number of nitrogens with zero attached hydrogens (tertiary/aromatic N) is 1. The summed E-state index contributed by atoms with van der Waals surface area (Å²) in [5.74, 6) is -0.0641. The van der Waals surface area contributed by atoms with Gasteiger partial charge in [-0.1, -0.05) is 18.5 Å². The summed E-state index contributed by atoms with van der Waals surface area (Å²) < 4.78 is 0. The molecular formula is C14H22ClN3O. The summed E-state index contributed by atoms with van der Waals surface area (Å²) in [4.78, 5) is 14.0. The molecule has 5 heteroatoms. The van der Waals surface area contributed by atoms with Gasteiger partial charge in [0.1, 0.15) is 0 Å². The molecule has 0 bridgehead atoms. The number of anilines is 2. The molecule has 0 aromatic heterocycles. The quantitative estimate of drug-likeness (QED) is 0.817. The summed E-state index contributed by atoms with van der Waals surface area (Å²) in [7, 11) is 1.94. The fraction of sp³-hybridized carbons (Fsp3) is 0.500.